The second kappa shape index (κ2) is 6.78. The molecule has 0 saturated carbocycles. The average Bonchev–Trinajstić information content (AvgIpc) is 2.55. The number of likely N-dealkylation sites (tertiary alicyclic amines) is 1. The molecule has 1 aromatic carbocycles. The van der Waals surface area contributed by atoms with E-state index in [1.165, 1.54) is 0 Å². The van der Waals surface area contributed by atoms with E-state index < -0.39 is 11.9 Å². The summed E-state index contributed by atoms with van der Waals surface area (Å²) >= 11 is 3.44. The molecule has 1 aromatic rings. The Morgan fingerprint density at radius 1 is 1.35 bits per heavy atom. The minimum atomic E-state index is -0.831. The second-order valence-electron chi connectivity index (χ2n) is 5.94. The third kappa shape index (κ3) is 3.60. The molecule has 0 spiro atoms. The topological polar surface area (TPSA) is 78.9 Å². The standard InChI is InChI=1S/C16H19BrN2O4/c17-11-3-4-14-12(8-11)13(5-7-23-14)18-16(22)19-6-1-2-10(9-19)15(20)21/h3-4,8,10,13H,1-2,5-7,9H2,(H,18,22)(H,20,21). The van der Waals surface area contributed by atoms with Gasteiger partial charge in [0.05, 0.1) is 18.6 Å². The van der Waals surface area contributed by atoms with Gasteiger partial charge in [-0.3, -0.25) is 4.79 Å². The van der Waals surface area contributed by atoms with E-state index in [9.17, 15) is 9.59 Å². The van der Waals surface area contributed by atoms with Crippen molar-refractivity contribution in [2.45, 2.75) is 25.3 Å². The molecule has 0 aliphatic carbocycles. The normalized spacial score (nSPS) is 23.6. The lowest BCUT2D eigenvalue weighted by atomic mass is 9.98. The van der Waals surface area contributed by atoms with Crippen LogP contribution in [0.2, 0.25) is 0 Å². The maximum absolute atomic E-state index is 12.5. The summed E-state index contributed by atoms with van der Waals surface area (Å²) in [6, 6.07) is 5.43. The van der Waals surface area contributed by atoms with Crippen molar-refractivity contribution in [3.63, 3.8) is 0 Å². The Kier molecular flexibility index (Phi) is 4.75. The largest absolute Gasteiger partial charge is 0.493 e. The lowest BCUT2D eigenvalue weighted by Crippen LogP contribution is -2.48. The first-order chi connectivity index (χ1) is 11.0. The van der Waals surface area contributed by atoms with Crippen LogP contribution in [0.1, 0.15) is 30.9 Å². The summed E-state index contributed by atoms with van der Waals surface area (Å²) < 4.78 is 6.56. The fourth-order valence-corrected chi connectivity index (χ4v) is 3.50. The lowest BCUT2D eigenvalue weighted by molar-refractivity contribution is -0.143. The number of hydrogen-bond acceptors (Lipinski definition) is 3. The first kappa shape index (κ1) is 16.1. The summed E-state index contributed by atoms with van der Waals surface area (Å²) in [4.78, 5) is 25.2. The van der Waals surface area contributed by atoms with Crippen LogP contribution in [0.15, 0.2) is 22.7 Å². The number of hydrogen-bond donors (Lipinski definition) is 2. The molecule has 2 aliphatic rings. The van der Waals surface area contributed by atoms with Crippen molar-refractivity contribution in [3.8, 4) is 5.75 Å². The number of carboxylic acid groups (broad SMARTS) is 1. The van der Waals surface area contributed by atoms with Crippen LogP contribution in [0, 0.1) is 5.92 Å². The zero-order chi connectivity index (χ0) is 16.4. The molecule has 0 radical (unpaired) electrons. The zero-order valence-corrected chi connectivity index (χ0v) is 14.2. The fraction of sp³-hybridized carbons (Fsp3) is 0.500. The molecule has 2 aliphatic heterocycles. The summed E-state index contributed by atoms with van der Waals surface area (Å²) in [5.74, 6) is -0.514. The predicted molar refractivity (Wildman–Crippen MR) is 87.5 cm³/mol. The zero-order valence-electron chi connectivity index (χ0n) is 12.6. The van der Waals surface area contributed by atoms with Gasteiger partial charge in [0, 0.05) is 29.5 Å². The number of rotatable bonds is 2. The maximum atomic E-state index is 12.5. The minimum Gasteiger partial charge on any atom is -0.493 e. The van der Waals surface area contributed by atoms with Crippen LogP contribution in [0.3, 0.4) is 0 Å². The summed E-state index contributed by atoms with van der Waals surface area (Å²) in [6.07, 6.45) is 2.05. The van der Waals surface area contributed by atoms with Gasteiger partial charge in [0.25, 0.3) is 0 Å². The van der Waals surface area contributed by atoms with Crippen molar-refractivity contribution in [1.82, 2.24) is 10.2 Å². The molecule has 124 valence electrons. The van der Waals surface area contributed by atoms with Gasteiger partial charge in [-0.2, -0.15) is 0 Å². The number of amides is 2. The lowest BCUT2D eigenvalue weighted by Gasteiger charge is -2.33. The smallest absolute Gasteiger partial charge is 0.317 e. The van der Waals surface area contributed by atoms with Crippen LogP contribution in [0.4, 0.5) is 4.79 Å². The molecule has 3 rings (SSSR count). The van der Waals surface area contributed by atoms with Crippen molar-refractivity contribution in [1.29, 1.82) is 0 Å². The number of carbonyl (C=O) groups excluding carboxylic acids is 1. The van der Waals surface area contributed by atoms with Gasteiger partial charge < -0.3 is 20.1 Å². The molecule has 7 heteroatoms. The van der Waals surface area contributed by atoms with E-state index in [0.717, 1.165) is 22.2 Å². The molecular formula is C16H19BrN2O4. The van der Waals surface area contributed by atoms with Gasteiger partial charge in [0.2, 0.25) is 0 Å². The minimum absolute atomic E-state index is 0.117. The van der Waals surface area contributed by atoms with E-state index in [-0.39, 0.29) is 18.6 Å². The number of urea groups is 1. The average molecular weight is 383 g/mol. The van der Waals surface area contributed by atoms with Gasteiger partial charge in [0.1, 0.15) is 5.75 Å². The number of nitrogens with zero attached hydrogens (tertiary/aromatic N) is 1. The van der Waals surface area contributed by atoms with Gasteiger partial charge in [-0.25, -0.2) is 4.79 Å². The molecule has 23 heavy (non-hydrogen) atoms. The highest BCUT2D eigenvalue weighted by Crippen LogP contribution is 2.34. The number of carboxylic acids is 1. The van der Waals surface area contributed by atoms with Crippen molar-refractivity contribution in [2.75, 3.05) is 19.7 Å². The Labute approximate surface area is 142 Å². The highest BCUT2D eigenvalue weighted by Gasteiger charge is 2.30. The second-order valence-corrected chi connectivity index (χ2v) is 6.86. The molecule has 2 atom stereocenters. The molecule has 2 amide bonds. The Hall–Kier alpha value is -1.76. The molecule has 2 unspecified atom stereocenters. The predicted octanol–water partition coefficient (Wildman–Crippen LogP) is 2.78. The Morgan fingerprint density at radius 2 is 2.17 bits per heavy atom. The Balaban J connectivity index is 1.69. The molecular weight excluding hydrogens is 364 g/mol. The van der Waals surface area contributed by atoms with Gasteiger partial charge in [-0.15, -0.1) is 0 Å². The number of carbonyl (C=O) groups is 2. The number of benzene rings is 1. The monoisotopic (exact) mass is 382 g/mol. The number of halogens is 1. The van der Waals surface area contributed by atoms with E-state index in [0.29, 0.717) is 26.0 Å². The molecule has 1 fully saturated rings. The van der Waals surface area contributed by atoms with E-state index in [1.807, 2.05) is 18.2 Å². The Morgan fingerprint density at radius 3 is 2.96 bits per heavy atom. The summed E-state index contributed by atoms with van der Waals surface area (Å²) in [5.41, 5.74) is 0.950. The molecule has 0 aromatic heterocycles. The number of ether oxygens (including phenoxy) is 1. The first-order valence-electron chi connectivity index (χ1n) is 7.75. The summed E-state index contributed by atoms with van der Waals surface area (Å²) in [5, 5.41) is 12.2. The first-order valence-corrected chi connectivity index (χ1v) is 8.54. The van der Waals surface area contributed by atoms with E-state index >= 15 is 0 Å². The molecule has 1 saturated heterocycles. The van der Waals surface area contributed by atoms with E-state index in [1.54, 1.807) is 4.90 Å². The number of aliphatic carboxylic acids is 1. The van der Waals surface area contributed by atoms with E-state index in [2.05, 4.69) is 21.2 Å². The third-order valence-electron chi connectivity index (χ3n) is 4.37. The van der Waals surface area contributed by atoms with Crippen LogP contribution in [0.25, 0.3) is 0 Å². The van der Waals surface area contributed by atoms with Crippen LogP contribution >= 0.6 is 15.9 Å². The SMILES string of the molecule is O=C(O)C1CCCN(C(=O)NC2CCOc3ccc(Br)cc32)C1. The van der Waals surface area contributed by atoms with Crippen molar-refractivity contribution < 1.29 is 19.4 Å². The van der Waals surface area contributed by atoms with Gasteiger partial charge in [-0.05, 0) is 31.0 Å². The van der Waals surface area contributed by atoms with Gasteiger partial charge in [-0.1, -0.05) is 15.9 Å². The molecule has 0 bridgehead atoms. The fourth-order valence-electron chi connectivity index (χ4n) is 3.12. The van der Waals surface area contributed by atoms with E-state index in [4.69, 9.17) is 9.84 Å². The summed E-state index contributed by atoms with van der Waals surface area (Å²) in [7, 11) is 0. The highest BCUT2D eigenvalue weighted by molar-refractivity contribution is 9.10. The van der Waals surface area contributed by atoms with Crippen molar-refractivity contribution in [3.05, 3.63) is 28.2 Å². The molecule has 6 nitrogen and oxygen atoms in total. The summed E-state index contributed by atoms with van der Waals surface area (Å²) in [6.45, 7) is 1.43. The van der Waals surface area contributed by atoms with Crippen molar-refractivity contribution in [2.24, 2.45) is 5.92 Å². The van der Waals surface area contributed by atoms with Gasteiger partial charge >= 0.3 is 12.0 Å². The molecule has 2 heterocycles. The number of fused-ring (bicyclic) bond motifs is 1. The van der Waals surface area contributed by atoms with Crippen LogP contribution in [-0.4, -0.2) is 41.7 Å². The van der Waals surface area contributed by atoms with Crippen LogP contribution in [0.5, 0.6) is 5.75 Å². The quantitative estimate of drug-likeness (QED) is 0.823. The highest BCUT2D eigenvalue weighted by atomic mass is 79.9. The number of piperidine rings is 1. The van der Waals surface area contributed by atoms with Crippen LogP contribution < -0.4 is 10.1 Å². The third-order valence-corrected chi connectivity index (χ3v) is 4.86. The van der Waals surface area contributed by atoms with Crippen LogP contribution in [-0.2, 0) is 4.79 Å². The molecule has 2 N–H and O–H groups in total. The van der Waals surface area contributed by atoms with Crippen molar-refractivity contribution >= 4 is 27.9 Å². The number of nitrogens with one attached hydrogen (secondary N) is 1. The van der Waals surface area contributed by atoms with Gasteiger partial charge in [0.15, 0.2) is 0 Å². The maximum Gasteiger partial charge on any atom is 0.317 e. The Bertz CT molecular complexity index is 622.